The fraction of sp³-hybridized carbons (Fsp3) is 0.500. The topological polar surface area (TPSA) is 29.1 Å². The first kappa shape index (κ1) is 14.6. The second-order valence-electron chi connectivity index (χ2n) is 6.48. The van der Waals surface area contributed by atoms with Crippen molar-refractivity contribution in [3.8, 4) is 0 Å². The van der Waals surface area contributed by atoms with Gasteiger partial charge >= 0.3 is 0 Å². The third-order valence-electron chi connectivity index (χ3n) is 4.89. The molecular weight excluding hydrogens is 282 g/mol. The zero-order valence-corrected chi connectivity index (χ0v) is 13.1. The summed E-state index contributed by atoms with van der Waals surface area (Å²) in [5.74, 6) is 0.0948. The van der Waals surface area contributed by atoms with Crippen LogP contribution in [0.2, 0.25) is 5.02 Å². The van der Waals surface area contributed by atoms with Gasteiger partial charge in [-0.1, -0.05) is 49.1 Å². The van der Waals surface area contributed by atoms with Crippen LogP contribution in [0, 0.1) is 5.41 Å². The van der Waals surface area contributed by atoms with Gasteiger partial charge in [0, 0.05) is 17.1 Å². The number of carbonyl (C=O) groups is 1. The lowest BCUT2D eigenvalue weighted by molar-refractivity contribution is -0.117. The van der Waals surface area contributed by atoms with Crippen molar-refractivity contribution in [3.63, 3.8) is 0 Å². The molecule has 0 aromatic heterocycles. The maximum absolute atomic E-state index is 12.3. The van der Waals surface area contributed by atoms with Crippen LogP contribution >= 0.6 is 11.6 Å². The largest absolute Gasteiger partial charge is 0.348 e. The molecule has 2 aliphatic rings. The number of hydrogen-bond donors (Lipinski definition) is 1. The van der Waals surface area contributed by atoms with Gasteiger partial charge in [-0.05, 0) is 48.8 Å². The van der Waals surface area contributed by atoms with Crippen molar-refractivity contribution >= 4 is 17.5 Å². The van der Waals surface area contributed by atoms with Gasteiger partial charge in [0.05, 0.1) is 0 Å². The Kier molecular flexibility index (Phi) is 4.34. The Bertz CT molecular complexity index is 558. The number of benzene rings is 1. The minimum Gasteiger partial charge on any atom is -0.348 e. The van der Waals surface area contributed by atoms with Crippen LogP contribution in [0.25, 0.3) is 0 Å². The SMILES string of the molecule is O=C(NCc1cccc(Cl)c1)C1=CCC2(CCCCC2)C1. The highest BCUT2D eigenvalue weighted by molar-refractivity contribution is 6.30. The Morgan fingerprint density at radius 3 is 2.81 bits per heavy atom. The summed E-state index contributed by atoms with van der Waals surface area (Å²) in [7, 11) is 0. The Labute approximate surface area is 131 Å². The second-order valence-corrected chi connectivity index (χ2v) is 6.92. The first-order valence-corrected chi connectivity index (χ1v) is 8.26. The van der Waals surface area contributed by atoms with Gasteiger partial charge < -0.3 is 5.32 Å². The zero-order chi connectivity index (χ0) is 14.7. The predicted octanol–water partition coefficient (Wildman–Crippen LogP) is 4.63. The molecule has 1 spiro atoms. The normalized spacial score (nSPS) is 20.3. The molecule has 2 aliphatic carbocycles. The lowest BCUT2D eigenvalue weighted by atomic mass is 9.72. The fourth-order valence-electron chi connectivity index (χ4n) is 3.69. The van der Waals surface area contributed by atoms with Gasteiger partial charge in [0.25, 0.3) is 0 Å². The van der Waals surface area contributed by atoms with Crippen LogP contribution in [-0.2, 0) is 11.3 Å². The molecule has 0 atom stereocenters. The first-order valence-electron chi connectivity index (χ1n) is 7.89. The van der Waals surface area contributed by atoms with E-state index in [1.807, 2.05) is 24.3 Å². The van der Waals surface area contributed by atoms with Crippen molar-refractivity contribution < 1.29 is 4.79 Å². The second kappa shape index (κ2) is 6.23. The molecule has 1 amide bonds. The standard InChI is InChI=1S/C18H22ClNO/c19-16-6-4-5-14(11-16)13-20-17(21)15-7-10-18(12-15)8-2-1-3-9-18/h4-7,11H,1-3,8-10,12-13H2,(H,20,21). The summed E-state index contributed by atoms with van der Waals surface area (Å²) in [5, 5.41) is 3.74. The maximum atomic E-state index is 12.3. The molecule has 0 saturated heterocycles. The molecule has 2 nitrogen and oxygen atoms in total. The van der Waals surface area contributed by atoms with Gasteiger partial charge in [-0.2, -0.15) is 0 Å². The minimum absolute atomic E-state index is 0.0948. The highest BCUT2D eigenvalue weighted by Gasteiger charge is 2.37. The average molecular weight is 304 g/mol. The minimum atomic E-state index is 0.0948. The number of carbonyl (C=O) groups excluding carboxylic acids is 1. The van der Waals surface area contributed by atoms with Crippen LogP contribution in [0.3, 0.4) is 0 Å². The summed E-state index contributed by atoms with van der Waals surface area (Å²) in [6.07, 6.45) is 10.8. The molecular formula is C18H22ClNO. The third kappa shape index (κ3) is 3.49. The molecule has 21 heavy (non-hydrogen) atoms. The molecule has 1 aromatic carbocycles. The summed E-state index contributed by atoms with van der Waals surface area (Å²) in [5.41, 5.74) is 2.43. The lowest BCUT2D eigenvalue weighted by Gasteiger charge is -2.33. The lowest BCUT2D eigenvalue weighted by Crippen LogP contribution is -2.26. The third-order valence-corrected chi connectivity index (χ3v) is 5.13. The summed E-state index contributed by atoms with van der Waals surface area (Å²) in [6.45, 7) is 0.545. The first-order chi connectivity index (χ1) is 10.2. The molecule has 3 heteroatoms. The van der Waals surface area contributed by atoms with E-state index in [2.05, 4.69) is 11.4 Å². The van der Waals surface area contributed by atoms with Gasteiger partial charge in [0.2, 0.25) is 5.91 Å². The molecule has 0 unspecified atom stereocenters. The monoisotopic (exact) mass is 303 g/mol. The van der Waals surface area contributed by atoms with E-state index in [1.165, 1.54) is 32.1 Å². The average Bonchev–Trinajstić information content (AvgIpc) is 2.89. The van der Waals surface area contributed by atoms with E-state index in [9.17, 15) is 4.79 Å². The molecule has 112 valence electrons. The quantitative estimate of drug-likeness (QED) is 0.867. The smallest absolute Gasteiger partial charge is 0.247 e. The van der Waals surface area contributed by atoms with E-state index in [-0.39, 0.29) is 5.91 Å². The molecule has 0 radical (unpaired) electrons. The highest BCUT2D eigenvalue weighted by atomic mass is 35.5. The van der Waals surface area contributed by atoms with Crippen LogP contribution in [0.1, 0.15) is 50.5 Å². The van der Waals surface area contributed by atoms with Crippen LogP contribution < -0.4 is 5.32 Å². The molecule has 0 heterocycles. The molecule has 1 N–H and O–H groups in total. The number of amides is 1. The van der Waals surface area contributed by atoms with Crippen molar-refractivity contribution in [2.24, 2.45) is 5.41 Å². The molecule has 0 aliphatic heterocycles. The van der Waals surface area contributed by atoms with Crippen molar-refractivity contribution in [1.82, 2.24) is 5.32 Å². The predicted molar refractivity (Wildman–Crippen MR) is 86.1 cm³/mol. The summed E-state index contributed by atoms with van der Waals surface area (Å²) >= 11 is 5.96. The molecule has 1 fully saturated rings. The Balaban J connectivity index is 1.54. The highest BCUT2D eigenvalue weighted by Crippen LogP contribution is 2.48. The van der Waals surface area contributed by atoms with E-state index < -0.39 is 0 Å². The summed E-state index contributed by atoms with van der Waals surface area (Å²) in [6, 6.07) is 7.64. The van der Waals surface area contributed by atoms with Crippen molar-refractivity contribution in [2.45, 2.75) is 51.5 Å². The van der Waals surface area contributed by atoms with Crippen LogP contribution in [0.15, 0.2) is 35.9 Å². The molecule has 0 bridgehead atoms. The van der Waals surface area contributed by atoms with Gasteiger partial charge in [0.15, 0.2) is 0 Å². The number of allylic oxidation sites excluding steroid dienone is 1. The number of halogens is 1. The van der Waals surface area contributed by atoms with Gasteiger partial charge in [-0.3, -0.25) is 4.79 Å². The molecule has 1 aromatic rings. The van der Waals surface area contributed by atoms with Gasteiger partial charge in [0.1, 0.15) is 0 Å². The van der Waals surface area contributed by atoms with E-state index in [4.69, 9.17) is 11.6 Å². The summed E-state index contributed by atoms with van der Waals surface area (Å²) in [4.78, 5) is 12.3. The number of hydrogen-bond acceptors (Lipinski definition) is 1. The van der Waals surface area contributed by atoms with Gasteiger partial charge in [-0.25, -0.2) is 0 Å². The number of nitrogens with one attached hydrogen (secondary N) is 1. The van der Waals surface area contributed by atoms with Crippen LogP contribution in [0.4, 0.5) is 0 Å². The van der Waals surface area contributed by atoms with Crippen LogP contribution in [0.5, 0.6) is 0 Å². The zero-order valence-electron chi connectivity index (χ0n) is 12.3. The van der Waals surface area contributed by atoms with E-state index in [0.29, 0.717) is 17.0 Å². The van der Waals surface area contributed by atoms with E-state index >= 15 is 0 Å². The summed E-state index contributed by atoms with van der Waals surface area (Å²) < 4.78 is 0. The van der Waals surface area contributed by atoms with E-state index in [0.717, 1.165) is 24.0 Å². The molecule has 3 rings (SSSR count). The fourth-order valence-corrected chi connectivity index (χ4v) is 3.90. The van der Waals surface area contributed by atoms with Gasteiger partial charge in [-0.15, -0.1) is 0 Å². The van der Waals surface area contributed by atoms with E-state index in [1.54, 1.807) is 0 Å². The Hall–Kier alpha value is -1.28. The van der Waals surface area contributed by atoms with Crippen molar-refractivity contribution in [1.29, 1.82) is 0 Å². The number of rotatable bonds is 3. The van der Waals surface area contributed by atoms with Crippen LogP contribution in [-0.4, -0.2) is 5.91 Å². The maximum Gasteiger partial charge on any atom is 0.247 e. The van der Waals surface area contributed by atoms with Crippen molar-refractivity contribution in [2.75, 3.05) is 0 Å². The Morgan fingerprint density at radius 1 is 1.24 bits per heavy atom. The Morgan fingerprint density at radius 2 is 2.05 bits per heavy atom. The molecule has 1 saturated carbocycles. The van der Waals surface area contributed by atoms with Crippen molar-refractivity contribution in [3.05, 3.63) is 46.5 Å².